The van der Waals surface area contributed by atoms with E-state index in [0.29, 0.717) is 5.69 Å². The summed E-state index contributed by atoms with van der Waals surface area (Å²) in [5.41, 5.74) is 0.668. The minimum Gasteiger partial charge on any atom is -0.456 e. The highest BCUT2D eigenvalue weighted by atomic mass is 32.2. The van der Waals surface area contributed by atoms with Gasteiger partial charge in [-0.05, 0) is 36.6 Å². The number of anilines is 1. The third kappa shape index (κ3) is 3.68. The number of ether oxygens (including phenoxy) is 2. The minimum atomic E-state index is -0.492. The third-order valence-electron chi connectivity index (χ3n) is 2.57. The Kier molecular flexibility index (Phi) is 4.90. The standard InChI is InChI=1S/C15H15NO3S/c1-18-15(17)16-11-8-9-13(14(10-11)20-2)19-12-6-4-3-5-7-12/h3-10H,1-2H3,(H,16,17). The van der Waals surface area contributed by atoms with Crippen molar-refractivity contribution in [2.45, 2.75) is 4.90 Å². The molecule has 0 aliphatic rings. The maximum absolute atomic E-state index is 11.2. The molecule has 0 aromatic heterocycles. The van der Waals surface area contributed by atoms with E-state index >= 15 is 0 Å². The molecule has 0 saturated heterocycles. The fourth-order valence-corrected chi connectivity index (χ4v) is 2.17. The van der Waals surface area contributed by atoms with Crippen molar-refractivity contribution in [2.75, 3.05) is 18.7 Å². The normalized spacial score (nSPS) is 9.90. The first-order chi connectivity index (χ1) is 9.72. The highest BCUT2D eigenvalue weighted by molar-refractivity contribution is 7.98. The fraction of sp³-hybridized carbons (Fsp3) is 0.133. The van der Waals surface area contributed by atoms with Crippen LogP contribution in [0.5, 0.6) is 11.5 Å². The van der Waals surface area contributed by atoms with E-state index in [1.807, 2.05) is 48.7 Å². The average Bonchev–Trinajstić information content (AvgIpc) is 2.49. The summed E-state index contributed by atoms with van der Waals surface area (Å²) in [7, 11) is 1.33. The van der Waals surface area contributed by atoms with Gasteiger partial charge in [-0.2, -0.15) is 0 Å². The van der Waals surface area contributed by atoms with Crippen LogP contribution in [0.25, 0.3) is 0 Å². The first-order valence-electron chi connectivity index (χ1n) is 5.99. The second kappa shape index (κ2) is 6.86. The van der Waals surface area contributed by atoms with Gasteiger partial charge < -0.3 is 9.47 Å². The van der Waals surface area contributed by atoms with Gasteiger partial charge in [0.1, 0.15) is 11.5 Å². The fourth-order valence-electron chi connectivity index (χ4n) is 1.61. The molecule has 2 aromatic rings. The molecular formula is C15H15NO3S. The second-order valence-corrected chi connectivity index (χ2v) is 4.75. The van der Waals surface area contributed by atoms with Crippen LogP contribution >= 0.6 is 11.8 Å². The number of carbonyl (C=O) groups is 1. The summed E-state index contributed by atoms with van der Waals surface area (Å²) in [6.07, 6.45) is 1.46. The quantitative estimate of drug-likeness (QED) is 0.849. The van der Waals surface area contributed by atoms with Crippen LogP contribution in [-0.4, -0.2) is 19.5 Å². The summed E-state index contributed by atoms with van der Waals surface area (Å²) < 4.78 is 10.4. The van der Waals surface area contributed by atoms with Crippen molar-refractivity contribution < 1.29 is 14.3 Å². The number of para-hydroxylation sites is 1. The number of methoxy groups -OCH3 is 1. The van der Waals surface area contributed by atoms with E-state index in [9.17, 15) is 4.79 Å². The van der Waals surface area contributed by atoms with Crippen molar-refractivity contribution in [3.05, 3.63) is 48.5 Å². The van der Waals surface area contributed by atoms with E-state index in [1.165, 1.54) is 7.11 Å². The van der Waals surface area contributed by atoms with E-state index in [2.05, 4.69) is 10.1 Å². The van der Waals surface area contributed by atoms with Gasteiger partial charge >= 0.3 is 6.09 Å². The number of hydrogen-bond acceptors (Lipinski definition) is 4. The lowest BCUT2D eigenvalue weighted by molar-refractivity contribution is 0.187. The van der Waals surface area contributed by atoms with E-state index in [-0.39, 0.29) is 0 Å². The first kappa shape index (κ1) is 14.3. The predicted molar refractivity (Wildman–Crippen MR) is 80.8 cm³/mol. The highest BCUT2D eigenvalue weighted by Crippen LogP contribution is 2.33. The van der Waals surface area contributed by atoms with Crippen LogP contribution in [0.3, 0.4) is 0 Å². The van der Waals surface area contributed by atoms with E-state index in [0.717, 1.165) is 16.4 Å². The van der Waals surface area contributed by atoms with E-state index in [4.69, 9.17) is 4.74 Å². The molecule has 0 radical (unpaired) electrons. The number of thioether (sulfide) groups is 1. The zero-order valence-electron chi connectivity index (χ0n) is 11.3. The molecule has 0 heterocycles. The zero-order valence-corrected chi connectivity index (χ0v) is 12.1. The van der Waals surface area contributed by atoms with Gasteiger partial charge in [0.15, 0.2) is 0 Å². The molecule has 104 valence electrons. The van der Waals surface area contributed by atoms with Crippen LogP contribution in [0.4, 0.5) is 10.5 Å². The summed E-state index contributed by atoms with van der Waals surface area (Å²) in [4.78, 5) is 12.1. The Labute approximate surface area is 122 Å². The molecule has 5 heteroatoms. The molecular weight excluding hydrogens is 274 g/mol. The molecule has 0 unspecified atom stereocenters. The molecule has 1 N–H and O–H groups in total. The van der Waals surface area contributed by atoms with Gasteiger partial charge in [0.05, 0.1) is 12.0 Å². The minimum absolute atomic E-state index is 0.492. The Morgan fingerprint density at radius 2 is 1.90 bits per heavy atom. The summed E-state index contributed by atoms with van der Waals surface area (Å²) >= 11 is 1.55. The molecule has 20 heavy (non-hydrogen) atoms. The van der Waals surface area contributed by atoms with Gasteiger partial charge in [0, 0.05) is 5.69 Å². The van der Waals surface area contributed by atoms with Gasteiger partial charge in [0.2, 0.25) is 0 Å². The highest BCUT2D eigenvalue weighted by Gasteiger charge is 2.07. The lowest BCUT2D eigenvalue weighted by atomic mass is 10.3. The predicted octanol–water partition coefficient (Wildman–Crippen LogP) is 4.38. The summed E-state index contributed by atoms with van der Waals surface area (Å²) in [5.74, 6) is 1.52. The van der Waals surface area contributed by atoms with E-state index < -0.39 is 6.09 Å². The number of benzene rings is 2. The molecule has 2 rings (SSSR count). The SMILES string of the molecule is COC(=O)Nc1ccc(Oc2ccccc2)c(SC)c1. The number of hydrogen-bond donors (Lipinski definition) is 1. The average molecular weight is 289 g/mol. The molecule has 0 spiro atoms. The van der Waals surface area contributed by atoms with Crippen molar-refractivity contribution in [3.63, 3.8) is 0 Å². The molecule has 0 aliphatic carbocycles. The number of nitrogens with one attached hydrogen (secondary N) is 1. The summed E-state index contributed by atoms with van der Waals surface area (Å²) in [6, 6.07) is 15.0. The van der Waals surface area contributed by atoms with Crippen molar-refractivity contribution in [1.82, 2.24) is 0 Å². The maximum atomic E-state index is 11.2. The summed E-state index contributed by atoms with van der Waals surface area (Å²) in [6.45, 7) is 0. The van der Waals surface area contributed by atoms with Crippen LogP contribution in [0.15, 0.2) is 53.4 Å². The van der Waals surface area contributed by atoms with Crippen LogP contribution in [0, 0.1) is 0 Å². The summed E-state index contributed by atoms with van der Waals surface area (Å²) in [5, 5.41) is 2.63. The van der Waals surface area contributed by atoms with Crippen molar-refractivity contribution >= 4 is 23.5 Å². The Balaban J connectivity index is 2.20. The molecule has 0 aliphatic heterocycles. The Hall–Kier alpha value is -2.14. The number of rotatable bonds is 4. The van der Waals surface area contributed by atoms with Crippen molar-refractivity contribution in [2.24, 2.45) is 0 Å². The van der Waals surface area contributed by atoms with Crippen LogP contribution in [0.2, 0.25) is 0 Å². The van der Waals surface area contributed by atoms with Crippen molar-refractivity contribution in [3.8, 4) is 11.5 Å². The maximum Gasteiger partial charge on any atom is 0.411 e. The topological polar surface area (TPSA) is 47.6 Å². The van der Waals surface area contributed by atoms with Crippen molar-refractivity contribution in [1.29, 1.82) is 0 Å². The largest absolute Gasteiger partial charge is 0.456 e. The Bertz CT molecular complexity index is 587. The lowest BCUT2D eigenvalue weighted by Gasteiger charge is -2.11. The van der Waals surface area contributed by atoms with E-state index in [1.54, 1.807) is 17.8 Å². The zero-order chi connectivity index (χ0) is 14.4. The van der Waals surface area contributed by atoms with Gasteiger partial charge in [-0.1, -0.05) is 18.2 Å². The first-order valence-corrected chi connectivity index (χ1v) is 7.21. The van der Waals surface area contributed by atoms with Crippen LogP contribution in [-0.2, 0) is 4.74 Å². The molecule has 0 bridgehead atoms. The number of amides is 1. The molecule has 4 nitrogen and oxygen atoms in total. The molecule has 0 fully saturated rings. The molecule has 0 atom stereocenters. The molecule has 1 amide bonds. The third-order valence-corrected chi connectivity index (χ3v) is 3.33. The van der Waals surface area contributed by atoms with Gasteiger partial charge in [-0.15, -0.1) is 11.8 Å². The Morgan fingerprint density at radius 3 is 2.55 bits per heavy atom. The van der Waals surface area contributed by atoms with Gasteiger partial charge in [0.25, 0.3) is 0 Å². The van der Waals surface area contributed by atoms with Gasteiger partial charge in [-0.25, -0.2) is 4.79 Å². The second-order valence-electron chi connectivity index (χ2n) is 3.90. The lowest BCUT2D eigenvalue weighted by Crippen LogP contribution is -2.10. The monoisotopic (exact) mass is 289 g/mol. The van der Waals surface area contributed by atoms with Crippen LogP contribution < -0.4 is 10.1 Å². The molecule has 0 saturated carbocycles. The Morgan fingerprint density at radius 1 is 1.15 bits per heavy atom. The van der Waals surface area contributed by atoms with Crippen LogP contribution in [0.1, 0.15) is 0 Å². The number of carbonyl (C=O) groups excluding carboxylic acids is 1. The smallest absolute Gasteiger partial charge is 0.411 e. The van der Waals surface area contributed by atoms with Gasteiger partial charge in [-0.3, -0.25) is 5.32 Å². The molecule has 2 aromatic carbocycles.